The highest BCUT2D eigenvalue weighted by Gasteiger charge is 2.34. The van der Waals surface area contributed by atoms with Crippen LogP contribution in [0.5, 0.6) is 0 Å². The van der Waals surface area contributed by atoms with Gasteiger partial charge in [-0.3, -0.25) is 0 Å². The number of alkyl halides is 3. The summed E-state index contributed by atoms with van der Waals surface area (Å²) in [6.45, 7) is 1.94. The molecule has 0 radical (unpaired) electrons. The third-order valence-corrected chi connectivity index (χ3v) is 3.00. The predicted molar refractivity (Wildman–Crippen MR) is 68.2 cm³/mol. The largest absolute Gasteiger partial charge is 0.433 e. The van der Waals surface area contributed by atoms with Crippen molar-refractivity contribution in [3.05, 3.63) is 53.9 Å². The van der Waals surface area contributed by atoms with Crippen LogP contribution in [0.25, 0.3) is 16.9 Å². The van der Waals surface area contributed by atoms with Gasteiger partial charge in [0.25, 0.3) is 0 Å². The molecule has 3 nitrogen and oxygen atoms in total. The van der Waals surface area contributed by atoms with E-state index in [2.05, 4.69) is 10.1 Å². The molecule has 3 rings (SSSR count). The number of rotatable bonds is 1. The van der Waals surface area contributed by atoms with Crippen LogP contribution in [0.4, 0.5) is 13.2 Å². The fraction of sp³-hybridized carbons (Fsp3) is 0.143. The van der Waals surface area contributed by atoms with Gasteiger partial charge in [0.15, 0.2) is 5.65 Å². The lowest BCUT2D eigenvalue weighted by atomic mass is 10.1. The van der Waals surface area contributed by atoms with Crippen molar-refractivity contribution in [1.29, 1.82) is 0 Å². The van der Waals surface area contributed by atoms with Crippen LogP contribution in [0.2, 0.25) is 0 Å². The number of fused-ring (bicyclic) bond motifs is 1. The Bertz CT molecular complexity index is 757. The molecule has 0 aliphatic heterocycles. The normalized spacial score (nSPS) is 12.0. The summed E-state index contributed by atoms with van der Waals surface area (Å²) in [5, 5.41) is 4.01. The van der Waals surface area contributed by atoms with Crippen molar-refractivity contribution in [2.24, 2.45) is 0 Å². The predicted octanol–water partition coefficient (Wildman–Crippen LogP) is 3.72. The second-order valence-corrected chi connectivity index (χ2v) is 4.49. The van der Waals surface area contributed by atoms with Crippen LogP contribution in [-0.4, -0.2) is 14.6 Å². The Labute approximate surface area is 112 Å². The first-order valence-electron chi connectivity index (χ1n) is 5.94. The Morgan fingerprint density at radius 2 is 1.75 bits per heavy atom. The van der Waals surface area contributed by atoms with Gasteiger partial charge in [-0.15, -0.1) is 0 Å². The van der Waals surface area contributed by atoms with Crippen molar-refractivity contribution in [3.8, 4) is 11.3 Å². The van der Waals surface area contributed by atoms with Crippen LogP contribution < -0.4 is 0 Å². The molecule has 3 aromatic rings. The maximum Gasteiger partial charge on any atom is 0.433 e. The molecule has 0 aliphatic carbocycles. The lowest BCUT2D eigenvalue weighted by molar-refractivity contribution is -0.142. The summed E-state index contributed by atoms with van der Waals surface area (Å²) in [5.74, 6) is 0. The van der Waals surface area contributed by atoms with E-state index >= 15 is 0 Å². The maximum atomic E-state index is 12.9. The maximum absolute atomic E-state index is 12.9. The number of aromatic nitrogens is 3. The summed E-state index contributed by atoms with van der Waals surface area (Å²) < 4.78 is 39.5. The third kappa shape index (κ3) is 2.13. The molecular formula is C14H10F3N3. The highest BCUT2D eigenvalue weighted by atomic mass is 19.4. The number of hydrogen-bond acceptors (Lipinski definition) is 2. The number of benzene rings is 1. The Kier molecular flexibility index (Phi) is 2.74. The molecule has 0 unspecified atom stereocenters. The second kappa shape index (κ2) is 4.33. The number of nitrogens with zero attached hydrogens (tertiary/aromatic N) is 3. The summed E-state index contributed by atoms with van der Waals surface area (Å²) in [4.78, 5) is 3.92. The lowest BCUT2D eigenvalue weighted by Gasteiger charge is -2.07. The van der Waals surface area contributed by atoms with Crippen molar-refractivity contribution >= 4 is 5.65 Å². The molecule has 20 heavy (non-hydrogen) atoms. The molecule has 0 amide bonds. The third-order valence-electron chi connectivity index (χ3n) is 3.00. The van der Waals surface area contributed by atoms with Crippen molar-refractivity contribution in [1.82, 2.24) is 14.6 Å². The van der Waals surface area contributed by atoms with Gasteiger partial charge >= 0.3 is 6.18 Å². The number of halogens is 3. The van der Waals surface area contributed by atoms with Crippen molar-refractivity contribution in [2.45, 2.75) is 13.1 Å². The van der Waals surface area contributed by atoms with E-state index in [0.717, 1.165) is 27.9 Å². The molecule has 102 valence electrons. The molecule has 6 heteroatoms. The van der Waals surface area contributed by atoms with Gasteiger partial charge in [-0.2, -0.15) is 18.3 Å². The van der Waals surface area contributed by atoms with E-state index in [9.17, 15) is 13.2 Å². The monoisotopic (exact) mass is 277 g/mol. The fourth-order valence-corrected chi connectivity index (χ4v) is 1.98. The molecule has 2 heterocycles. The van der Waals surface area contributed by atoms with E-state index < -0.39 is 11.9 Å². The molecule has 0 atom stereocenters. The van der Waals surface area contributed by atoms with Gasteiger partial charge in [0.1, 0.15) is 5.69 Å². The number of aryl methyl sites for hydroxylation is 1. The van der Waals surface area contributed by atoms with Crippen LogP contribution in [0.1, 0.15) is 11.3 Å². The van der Waals surface area contributed by atoms with Crippen LogP contribution in [-0.2, 0) is 6.18 Å². The highest BCUT2D eigenvalue weighted by molar-refractivity contribution is 5.64. The summed E-state index contributed by atoms with van der Waals surface area (Å²) in [7, 11) is 0. The first-order chi connectivity index (χ1) is 9.45. The van der Waals surface area contributed by atoms with Gasteiger partial charge in [0, 0.05) is 17.8 Å². The van der Waals surface area contributed by atoms with E-state index in [4.69, 9.17) is 0 Å². The molecule has 0 spiro atoms. The molecule has 0 saturated carbocycles. The average Bonchev–Trinajstić information content (AvgIpc) is 2.81. The topological polar surface area (TPSA) is 30.2 Å². The minimum atomic E-state index is -4.46. The molecule has 0 N–H and O–H groups in total. The molecule has 0 bridgehead atoms. The van der Waals surface area contributed by atoms with Crippen LogP contribution in [0, 0.1) is 6.92 Å². The summed E-state index contributed by atoms with van der Waals surface area (Å²) in [6.07, 6.45) is -3.32. The smallest absolute Gasteiger partial charge is 0.237 e. The zero-order chi connectivity index (χ0) is 14.3. The van der Waals surface area contributed by atoms with Crippen molar-refractivity contribution in [2.75, 3.05) is 0 Å². The zero-order valence-corrected chi connectivity index (χ0v) is 10.5. The average molecular weight is 277 g/mol. The van der Waals surface area contributed by atoms with E-state index in [1.54, 1.807) is 6.07 Å². The van der Waals surface area contributed by atoms with Gasteiger partial charge in [0.2, 0.25) is 0 Å². The van der Waals surface area contributed by atoms with Gasteiger partial charge < -0.3 is 0 Å². The van der Waals surface area contributed by atoms with Gasteiger partial charge in [-0.1, -0.05) is 29.8 Å². The Morgan fingerprint density at radius 1 is 1.05 bits per heavy atom. The van der Waals surface area contributed by atoms with Crippen LogP contribution in [0.3, 0.4) is 0 Å². The van der Waals surface area contributed by atoms with Gasteiger partial charge in [0.05, 0.1) is 5.69 Å². The van der Waals surface area contributed by atoms with Gasteiger partial charge in [-0.05, 0) is 13.0 Å². The quantitative estimate of drug-likeness (QED) is 0.678. The molecule has 0 fully saturated rings. The summed E-state index contributed by atoms with van der Waals surface area (Å²) in [5.41, 5.74) is 1.64. The molecule has 1 aromatic carbocycles. The Morgan fingerprint density at radius 3 is 2.40 bits per heavy atom. The minimum absolute atomic E-state index is 0.176. The SMILES string of the molecule is Cc1ccc(-c2cc3nccc(C(F)(F)F)n3n2)cc1. The van der Waals surface area contributed by atoms with E-state index in [1.165, 1.54) is 0 Å². The van der Waals surface area contributed by atoms with Crippen molar-refractivity contribution in [3.63, 3.8) is 0 Å². The summed E-state index contributed by atoms with van der Waals surface area (Å²) >= 11 is 0. The Balaban J connectivity index is 2.18. The first-order valence-corrected chi connectivity index (χ1v) is 5.94. The molecular weight excluding hydrogens is 267 g/mol. The lowest BCUT2D eigenvalue weighted by Crippen LogP contribution is -2.12. The molecule has 0 saturated heterocycles. The molecule has 2 aromatic heterocycles. The molecule has 0 aliphatic rings. The van der Waals surface area contributed by atoms with E-state index in [-0.39, 0.29) is 5.65 Å². The van der Waals surface area contributed by atoms with E-state index in [1.807, 2.05) is 31.2 Å². The first kappa shape index (κ1) is 12.7. The van der Waals surface area contributed by atoms with Crippen LogP contribution in [0.15, 0.2) is 42.6 Å². The zero-order valence-electron chi connectivity index (χ0n) is 10.5. The number of hydrogen-bond donors (Lipinski definition) is 0. The second-order valence-electron chi connectivity index (χ2n) is 4.49. The Hall–Kier alpha value is -2.37. The fourth-order valence-electron chi connectivity index (χ4n) is 1.98. The van der Waals surface area contributed by atoms with Crippen molar-refractivity contribution < 1.29 is 13.2 Å². The summed E-state index contributed by atoms with van der Waals surface area (Å²) in [6, 6.07) is 9.88. The standard InChI is InChI=1S/C14H10F3N3/c1-9-2-4-10(5-3-9)11-8-13-18-7-6-12(14(15,16)17)20(13)19-11/h2-8H,1H3. The minimum Gasteiger partial charge on any atom is -0.237 e. The van der Waals surface area contributed by atoms with Gasteiger partial charge in [-0.25, -0.2) is 9.50 Å². The highest BCUT2D eigenvalue weighted by Crippen LogP contribution is 2.30. The van der Waals surface area contributed by atoms with Crippen LogP contribution >= 0.6 is 0 Å². The van der Waals surface area contributed by atoms with E-state index in [0.29, 0.717) is 5.69 Å².